The molecule has 0 aliphatic carbocycles. The summed E-state index contributed by atoms with van der Waals surface area (Å²) in [6.07, 6.45) is 3.39. The number of amides is 1. The summed E-state index contributed by atoms with van der Waals surface area (Å²) in [5, 5.41) is 14.3. The van der Waals surface area contributed by atoms with E-state index in [1.807, 2.05) is 34.5 Å². The van der Waals surface area contributed by atoms with Crippen LogP contribution in [-0.4, -0.2) is 45.0 Å². The van der Waals surface area contributed by atoms with Gasteiger partial charge in [-0.15, -0.1) is 11.3 Å². The zero-order valence-electron chi connectivity index (χ0n) is 15.4. The van der Waals surface area contributed by atoms with E-state index in [1.165, 1.54) is 21.8 Å². The lowest BCUT2D eigenvalue weighted by Gasteiger charge is -2.31. The number of fused-ring (bicyclic) bond motifs is 1. The molecule has 4 rings (SSSR count). The molecule has 1 aliphatic rings. The molecule has 1 aromatic carbocycles. The van der Waals surface area contributed by atoms with E-state index in [0.29, 0.717) is 41.8 Å². The smallest absolute Gasteiger partial charge is 0.258 e. The van der Waals surface area contributed by atoms with Crippen LogP contribution in [0, 0.1) is 5.92 Å². The van der Waals surface area contributed by atoms with Crippen LogP contribution in [0.4, 0.5) is 5.69 Å². The fourth-order valence-corrected chi connectivity index (χ4v) is 4.17. The summed E-state index contributed by atoms with van der Waals surface area (Å²) in [7, 11) is 0. The van der Waals surface area contributed by atoms with Gasteiger partial charge in [-0.1, -0.05) is 6.07 Å². The Labute approximate surface area is 166 Å². The molecule has 1 saturated heterocycles. The van der Waals surface area contributed by atoms with Gasteiger partial charge in [0.05, 0.1) is 12.2 Å². The zero-order valence-corrected chi connectivity index (χ0v) is 16.2. The number of nitrogens with one attached hydrogen (secondary N) is 1. The third kappa shape index (κ3) is 3.93. The van der Waals surface area contributed by atoms with Gasteiger partial charge < -0.3 is 15.3 Å². The predicted octanol–water partition coefficient (Wildman–Crippen LogP) is 2.21. The molecule has 0 saturated carbocycles. The number of rotatable bonds is 5. The van der Waals surface area contributed by atoms with E-state index >= 15 is 0 Å². The lowest BCUT2D eigenvalue weighted by Crippen LogP contribution is -2.39. The van der Waals surface area contributed by atoms with Gasteiger partial charge in [0.2, 0.25) is 0 Å². The molecule has 2 aromatic heterocycles. The molecule has 0 radical (unpaired) electrons. The molecule has 2 N–H and O–H groups in total. The maximum Gasteiger partial charge on any atom is 0.258 e. The van der Waals surface area contributed by atoms with Crippen LogP contribution in [0.3, 0.4) is 0 Å². The van der Waals surface area contributed by atoms with Crippen LogP contribution in [0.5, 0.6) is 0 Å². The molecule has 8 heteroatoms. The third-order valence-corrected chi connectivity index (χ3v) is 5.86. The van der Waals surface area contributed by atoms with Crippen molar-refractivity contribution in [3.05, 3.63) is 63.5 Å². The molecule has 7 nitrogen and oxygen atoms in total. The molecule has 3 aromatic rings. The van der Waals surface area contributed by atoms with Crippen molar-refractivity contribution in [2.75, 3.05) is 25.0 Å². The van der Waals surface area contributed by atoms with Crippen LogP contribution >= 0.6 is 11.3 Å². The number of aliphatic hydroxyl groups is 1. The summed E-state index contributed by atoms with van der Waals surface area (Å²) in [5.41, 5.74) is 2.01. The number of carbonyl (C=O) groups is 1. The monoisotopic (exact) mass is 398 g/mol. The fraction of sp³-hybridized carbons (Fsp3) is 0.350. The second-order valence-corrected chi connectivity index (χ2v) is 7.87. The standard InChI is InChI=1S/C20H22N4O3S/c25-13-14-4-6-23(7-5-14)19(27)15-2-1-3-16(10-15)21-12-17-11-18(26)24-8-9-28-20(24)22-17/h1-3,8-11,14,21,25H,4-7,12-13H2. The maximum absolute atomic E-state index is 12.8. The molecule has 0 atom stereocenters. The Morgan fingerprint density at radius 3 is 2.89 bits per heavy atom. The predicted molar refractivity (Wildman–Crippen MR) is 109 cm³/mol. The number of aliphatic hydroxyl groups excluding tert-OH is 1. The van der Waals surface area contributed by atoms with E-state index in [1.54, 1.807) is 6.20 Å². The SMILES string of the molecule is O=C(c1cccc(NCc2cc(=O)n3ccsc3n2)c1)N1CCC(CO)CC1. The minimum Gasteiger partial charge on any atom is -0.396 e. The quantitative estimate of drug-likeness (QED) is 0.688. The van der Waals surface area contributed by atoms with Crippen molar-refractivity contribution >= 4 is 27.9 Å². The van der Waals surface area contributed by atoms with Gasteiger partial charge in [-0.25, -0.2) is 4.98 Å². The average Bonchev–Trinajstić information content (AvgIpc) is 3.21. The van der Waals surface area contributed by atoms with Crippen molar-refractivity contribution in [3.8, 4) is 0 Å². The lowest BCUT2D eigenvalue weighted by atomic mass is 9.97. The number of benzene rings is 1. The van der Waals surface area contributed by atoms with Crippen LogP contribution < -0.4 is 10.9 Å². The Kier molecular flexibility index (Phi) is 5.40. The summed E-state index contributed by atoms with van der Waals surface area (Å²) >= 11 is 1.42. The maximum atomic E-state index is 12.8. The Morgan fingerprint density at radius 2 is 2.11 bits per heavy atom. The first-order valence-corrected chi connectivity index (χ1v) is 10.2. The highest BCUT2D eigenvalue weighted by atomic mass is 32.1. The summed E-state index contributed by atoms with van der Waals surface area (Å²) in [4.78, 5) is 31.8. The van der Waals surface area contributed by atoms with Crippen molar-refractivity contribution in [2.45, 2.75) is 19.4 Å². The highest BCUT2D eigenvalue weighted by Crippen LogP contribution is 2.20. The van der Waals surface area contributed by atoms with E-state index < -0.39 is 0 Å². The molecule has 3 heterocycles. The molecule has 0 spiro atoms. The van der Waals surface area contributed by atoms with Crippen molar-refractivity contribution < 1.29 is 9.90 Å². The van der Waals surface area contributed by atoms with Crippen molar-refractivity contribution in [2.24, 2.45) is 5.92 Å². The lowest BCUT2D eigenvalue weighted by molar-refractivity contribution is 0.0651. The van der Waals surface area contributed by atoms with Crippen LogP contribution in [-0.2, 0) is 6.54 Å². The minimum absolute atomic E-state index is 0.0106. The first kappa shape index (κ1) is 18.6. The number of nitrogens with zero attached hydrogens (tertiary/aromatic N) is 3. The topological polar surface area (TPSA) is 86.9 Å². The van der Waals surface area contributed by atoms with E-state index in [0.717, 1.165) is 18.5 Å². The number of hydrogen-bond donors (Lipinski definition) is 2. The molecule has 0 bridgehead atoms. The molecular weight excluding hydrogens is 376 g/mol. The highest BCUT2D eigenvalue weighted by Gasteiger charge is 2.23. The summed E-state index contributed by atoms with van der Waals surface area (Å²) in [5.74, 6) is 0.311. The number of likely N-dealkylation sites (tertiary alicyclic amines) is 1. The van der Waals surface area contributed by atoms with Gasteiger partial charge in [-0.3, -0.25) is 14.0 Å². The zero-order chi connectivity index (χ0) is 19.5. The summed E-state index contributed by atoms with van der Waals surface area (Å²) in [6, 6.07) is 8.91. The Balaban J connectivity index is 1.43. The van der Waals surface area contributed by atoms with Crippen molar-refractivity contribution in [1.29, 1.82) is 0 Å². The number of carbonyl (C=O) groups excluding carboxylic acids is 1. The minimum atomic E-state index is -0.0988. The van der Waals surface area contributed by atoms with E-state index in [2.05, 4.69) is 10.3 Å². The first-order valence-electron chi connectivity index (χ1n) is 9.34. The molecular formula is C20H22N4O3S. The van der Waals surface area contributed by atoms with Crippen LogP contribution in [0.1, 0.15) is 28.9 Å². The first-order chi connectivity index (χ1) is 13.6. The summed E-state index contributed by atoms with van der Waals surface area (Å²) < 4.78 is 1.52. The van der Waals surface area contributed by atoms with Gasteiger partial charge >= 0.3 is 0 Å². The number of hydrogen-bond acceptors (Lipinski definition) is 6. The second-order valence-electron chi connectivity index (χ2n) is 6.99. The van der Waals surface area contributed by atoms with Crippen molar-refractivity contribution in [3.63, 3.8) is 0 Å². The van der Waals surface area contributed by atoms with Crippen molar-refractivity contribution in [1.82, 2.24) is 14.3 Å². The third-order valence-electron chi connectivity index (χ3n) is 5.10. The normalized spacial score (nSPS) is 15.1. The molecule has 28 heavy (non-hydrogen) atoms. The van der Waals surface area contributed by atoms with Crippen LogP contribution in [0.25, 0.3) is 4.96 Å². The molecule has 1 amide bonds. The average molecular weight is 398 g/mol. The van der Waals surface area contributed by atoms with Gasteiger partial charge in [-0.2, -0.15) is 0 Å². The summed E-state index contributed by atoms with van der Waals surface area (Å²) in [6.45, 7) is 1.95. The molecule has 1 aliphatic heterocycles. The second kappa shape index (κ2) is 8.12. The Hall–Kier alpha value is -2.71. The van der Waals surface area contributed by atoms with Gasteiger partial charge in [0.25, 0.3) is 11.5 Å². The van der Waals surface area contributed by atoms with Crippen LogP contribution in [0.2, 0.25) is 0 Å². The number of thiazole rings is 1. The highest BCUT2D eigenvalue weighted by molar-refractivity contribution is 7.15. The van der Waals surface area contributed by atoms with Gasteiger partial charge in [0.15, 0.2) is 4.96 Å². The number of piperidine rings is 1. The van der Waals surface area contributed by atoms with E-state index in [4.69, 9.17) is 0 Å². The fourth-order valence-electron chi connectivity index (χ4n) is 3.43. The van der Waals surface area contributed by atoms with Gasteiger partial charge in [0.1, 0.15) is 0 Å². The van der Waals surface area contributed by atoms with Crippen LogP contribution in [0.15, 0.2) is 46.7 Å². The number of aromatic nitrogens is 2. The van der Waals surface area contributed by atoms with E-state index in [9.17, 15) is 14.7 Å². The molecule has 1 fully saturated rings. The number of anilines is 1. The van der Waals surface area contributed by atoms with Gasteiger partial charge in [0, 0.05) is 48.6 Å². The molecule has 146 valence electrons. The van der Waals surface area contributed by atoms with Gasteiger partial charge in [-0.05, 0) is 37.0 Å². The largest absolute Gasteiger partial charge is 0.396 e. The Bertz CT molecular complexity index is 1040. The molecule has 0 unspecified atom stereocenters. The Morgan fingerprint density at radius 1 is 1.29 bits per heavy atom. The van der Waals surface area contributed by atoms with E-state index in [-0.39, 0.29) is 18.1 Å².